The second-order valence-corrected chi connectivity index (χ2v) is 8.63. The summed E-state index contributed by atoms with van der Waals surface area (Å²) in [4.78, 5) is 0. The van der Waals surface area contributed by atoms with Crippen LogP contribution in [0.15, 0.2) is 42.0 Å². The molecule has 1 aliphatic rings. The molecular weight excluding hydrogens is 441 g/mol. The molecule has 0 atom stereocenters. The lowest BCUT2D eigenvalue weighted by Gasteiger charge is -2.16. The molecule has 0 heterocycles. The Balaban J connectivity index is 1.61. The third-order valence-corrected chi connectivity index (χ3v) is 6.09. The summed E-state index contributed by atoms with van der Waals surface area (Å²) in [7, 11) is 0. The number of ether oxygens (including phenoxy) is 2. The van der Waals surface area contributed by atoms with Crippen LogP contribution in [0.25, 0.3) is 0 Å². The van der Waals surface area contributed by atoms with Crippen molar-refractivity contribution in [1.82, 2.24) is 5.32 Å². The first kappa shape index (κ1) is 23.3. The molecule has 162 valence electrons. The molecule has 0 bridgehead atoms. The third kappa shape index (κ3) is 6.81. The summed E-state index contributed by atoms with van der Waals surface area (Å²) in [6.07, 6.45) is 8.63. The molecule has 1 N–H and O–H groups in total. The minimum Gasteiger partial charge on any atom is -0.490 e. The van der Waals surface area contributed by atoms with Gasteiger partial charge in [-0.2, -0.15) is 0 Å². The lowest BCUT2D eigenvalue weighted by atomic mass is 9.97. The lowest BCUT2D eigenvalue weighted by Crippen LogP contribution is -2.16. The number of rotatable bonds is 10. The van der Waals surface area contributed by atoms with E-state index in [0.29, 0.717) is 39.8 Å². The van der Waals surface area contributed by atoms with Crippen LogP contribution in [-0.2, 0) is 13.2 Å². The van der Waals surface area contributed by atoms with Crippen LogP contribution in [0.5, 0.6) is 11.5 Å². The predicted octanol–water partition coefficient (Wildman–Crippen LogP) is 7.60. The SMILES string of the molecule is CCOc1cc(CNCCC2=CCCCC2)cc(Cl)c1OCc1ccc(Cl)c(Cl)c1. The van der Waals surface area contributed by atoms with Crippen LogP contribution >= 0.6 is 34.8 Å². The maximum atomic E-state index is 6.54. The van der Waals surface area contributed by atoms with Crippen molar-refractivity contribution in [3.63, 3.8) is 0 Å². The average molecular weight is 469 g/mol. The Morgan fingerprint density at radius 3 is 2.50 bits per heavy atom. The summed E-state index contributed by atoms with van der Waals surface area (Å²) in [5.41, 5.74) is 3.56. The van der Waals surface area contributed by atoms with Gasteiger partial charge >= 0.3 is 0 Å². The van der Waals surface area contributed by atoms with Crippen LogP contribution in [0, 0.1) is 0 Å². The van der Waals surface area contributed by atoms with E-state index in [2.05, 4.69) is 11.4 Å². The summed E-state index contributed by atoms with van der Waals surface area (Å²) >= 11 is 18.6. The van der Waals surface area contributed by atoms with Crippen molar-refractivity contribution in [3.8, 4) is 11.5 Å². The number of hydrogen-bond acceptors (Lipinski definition) is 3. The fraction of sp³-hybridized carbons (Fsp3) is 0.417. The van der Waals surface area contributed by atoms with Gasteiger partial charge in [-0.3, -0.25) is 0 Å². The zero-order valence-corrected chi connectivity index (χ0v) is 19.5. The summed E-state index contributed by atoms with van der Waals surface area (Å²) in [6.45, 7) is 4.50. The minimum absolute atomic E-state index is 0.323. The Kier molecular flexibility index (Phi) is 9.20. The van der Waals surface area contributed by atoms with Gasteiger partial charge in [-0.15, -0.1) is 0 Å². The second-order valence-electron chi connectivity index (χ2n) is 7.41. The second kappa shape index (κ2) is 11.9. The van der Waals surface area contributed by atoms with Gasteiger partial charge < -0.3 is 14.8 Å². The Hall–Kier alpha value is -1.39. The fourth-order valence-corrected chi connectivity index (χ4v) is 4.13. The van der Waals surface area contributed by atoms with Crippen LogP contribution in [0.1, 0.15) is 50.2 Å². The molecular formula is C24H28Cl3NO2. The lowest BCUT2D eigenvalue weighted by molar-refractivity contribution is 0.269. The van der Waals surface area contributed by atoms with E-state index in [-0.39, 0.29) is 0 Å². The van der Waals surface area contributed by atoms with E-state index in [0.717, 1.165) is 30.6 Å². The van der Waals surface area contributed by atoms with E-state index >= 15 is 0 Å². The largest absolute Gasteiger partial charge is 0.490 e. The Labute approximate surface area is 194 Å². The minimum atomic E-state index is 0.323. The van der Waals surface area contributed by atoms with Crippen molar-refractivity contribution in [2.45, 2.75) is 52.2 Å². The highest BCUT2D eigenvalue weighted by Gasteiger charge is 2.13. The monoisotopic (exact) mass is 467 g/mol. The van der Waals surface area contributed by atoms with E-state index in [9.17, 15) is 0 Å². The molecule has 0 aliphatic heterocycles. The molecule has 0 saturated carbocycles. The van der Waals surface area contributed by atoms with Crippen LogP contribution in [0.2, 0.25) is 15.1 Å². The first-order valence-electron chi connectivity index (χ1n) is 10.5. The average Bonchev–Trinajstić information content (AvgIpc) is 2.74. The van der Waals surface area contributed by atoms with Gasteiger partial charge in [0.15, 0.2) is 11.5 Å². The van der Waals surface area contributed by atoms with Gasteiger partial charge in [0.2, 0.25) is 0 Å². The van der Waals surface area contributed by atoms with Crippen molar-refractivity contribution in [2.24, 2.45) is 0 Å². The van der Waals surface area contributed by atoms with Gasteiger partial charge in [0, 0.05) is 6.54 Å². The summed E-state index contributed by atoms with van der Waals surface area (Å²) < 4.78 is 11.8. The molecule has 0 fully saturated rings. The van der Waals surface area contributed by atoms with Crippen LogP contribution < -0.4 is 14.8 Å². The van der Waals surface area contributed by atoms with Crippen LogP contribution in [-0.4, -0.2) is 13.2 Å². The van der Waals surface area contributed by atoms with Crippen molar-refractivity contribution in [2.75, 3.05) is 13.2 Å². The highest BCUT2D eigenvalue weighted by atomic mass is 35.5. The molecule has 0 spiro atoms. The van der Waals surface area contributed by atoms with E-state index in [1.165, 1.54) is 25.7 Å². The number of hydrogen-bond donors (Lipinski definition) is 1. The Morgan fingerprint density at radius 2 is 1.77 bits per heavy atom. The first-order valence-corrected chi connectivity index (χ1v) is 11.6. The smallest absolute Gasteiger partial charge is 0.180 e. The molecule has 3 rings (SSSR count). The molecule has 0 amide bonds. The van der Waals surface area contributed by atoms with Gasteiger partial charge in [-0.1, -0.05) is 52.5 Å². The standard InChI is InChI=1S/C24H28Cl3NO2/c1-2-29-23-14-19(15-28-11-10-17-6-4-3-5-7-17)13-22(27)24(23)30-16-18-8-9-20(25)21(26)12-18/h6,8-9,12-14,28H,2-5,7,10-11,15-16H2,1H3. The van der Waals surface area contributed by atoms with Crippen LogP contribution in [0.3, 0.4) is 0 Å². The highest BCUT2D eigenvalue weighted by molar-refractivity contribution is 6.42. The van der Waals surface area contributed by atoms with Crippen molar-refractivity contribution in [1.29, 1.82) is 0 Å². The van der Waals surface area contributed by atoms with E-state index in [4.69, 9.17) is 44.3 Å². The van der Waals surface area contributed by atoms with Crippen molar-refractivity contribution in [3.05, 3.63) is 68.2 Å². The number of nitrogens with one attached hydrogen (secondary N) is 1. The number of benzene rings is 2. The molecule has 6 heteroatoms. The fourth-order valence-electron chi connectivity index (χ4n) is 3.52. The highest BCUT2D eigenvalue weighted by Crippen LogP contribution is 2.37. The van der Waals surface area contributed by atoms with E-state index in [1.807, 2.05) is 25.1 Å². The molecule has 3 nitrogen and oxygen atoms in total. The summed E-state index contributed by atoms with van der Waals surface area (Å²) in [6, 6.07) is 9.35. The van der Waals surface area contributed by atoms with Gasteiger partial charge in [-0.05, 0) is 81.0 Å². The third-order valence-electron chi connectivity index (χ3n) is 5.07. The quantitative estimate of drug-likeness (QED) is 0.287. The molecule has 30 heavy (non-hydrogen) atoms. The van der Waals surface area contributed by atoms with Crippen molar-refractivity contribution >= 4 is 34.8 Å². The maximum Gasteiger partial charge on any atom is 0.180 e. The Morgan fingerprint density at radius 1 is 0.933 bits per heavy atom. The molecule has 1 aliphatic carbocycles. The predicted molar refractivity (Wildman–Crippen MR) is 126 cm³/mol. The van der Waals surface area contributed by atoms with Gasteiger partial charge in [-0.25, -0.2) is 0 Å². The summed E-state index contributed by atoms with van der Waals surface area (Å²) in [5.74, 6) is 1.19. The first-order chi connectivity index (χ1) is 14.6. The molecule has 0 radical (unpaired) electrons. The topological polar surface area (TPSA) is 30.5 Å². The number of halogens is 3. The zero-order valence-electron chi connectivity index (χ0n) is 17.3. The normalized spacial score (nSPS) is 13.8. The molecule has 2 aromatic carbocycles. The molecule has 0 unspecified atom stereocenters. The Bertz CT molecular complexity index is 883. The maximum absolute atomic E-state index is 6.54. The van der Waals surface area contributed by atoms with Gasteiger partial charge in [0.25, 0.3) is 0 Å². The van der Waals surface area contributed by atoms with E-state index < -0.39 is 0 Å². The summed E-state index contributed by atoms with van der Waals surface area (Å²) in [5, 5.41) is 5.06. The van der Waals surface area contributed by atoms with Crippen molar-refractivity contribution < 1.29 is 9.47 Å². The van der Waals surface area contributed by atoms with Gasteiger partial charge in [0.05, 0.1) is 21.7 Å². The van der Waals surface area contributed by atoms with Crippen LogP contribution in [0.4, 0.5) is 0 Å². The van der Waals surface area contributed by atoms with E-state index in [1.54, 1.807) is 17.7 Å². The molecule has 2 aromatic rings. The molecule has 0 aromatic heterocycles. The zero-order chi connectivity index (χ0) is 21.3. The molecule has 0 saturated heterocycles. The van der Waals surface area contributed by atoms with Gasteiger partial charge in [0.1, 0.15) is 6.61 Å². The number of allylic oxidation sites excluding steroid dienone is 1.